The minimum atomic E-state index is -0.290. The van der Waals surface area contributed by atoms with E-state index in [1.54, 1.807) is 26.4 Å². The first kappa shape index (κ1) is 17.0. The van der Waals surface area contributed by atoms with E-state index in [1.165, 1.54) is 11.3 Å². The maximum absolute atomic E-state index is 12.2. The molecular weight excluding hydrogens is 340 g/mol. The van der Waals surface area contributed by atoms with E-state index in [1.807, 2.05) is 31.2 Å². The summed E-state index contributed by atoms with van der Waals surface area (Å²) in [6, 6.07) is 11.0. The van der Waals surface area contributed by atoms with Crippen molar-refractivity contribution in [3.05, 3.63) is 42.0 Å². The first-order valence-electron chi connectivity index (χ1n) is 7.62. The summed E-state index contributed by atoms with van der Waals surface area (Å²) in [5.41, 5.74) is 1.83. The number of ether oxygens (including phenoxy) is 3. The summed E-state index contributed by atoms with van der Waals surface area (Å²) in [5.74, 6) is 1.49. The number of rotatable bonds is 6. The molecule has 0 aliphatic carbocycles. The van der Waals surface area contributed by atoms with Gasteiger partial charge in [0.05, 0.1) is 18.9 Å². The SMILES string of the molecule is COc1ccccc1OCC(=O)Nc1nc2c(OC)ccc(C)c2s1. The lowest BCUT2D eigenvalue weighted by atomic mass is 10.2. The molecule has 0 atom stereocenters. The van der Waals surface area contributed by atoms with Gasteiger partial charge in [0.25, 0.3) is 5.91 Å². The van der Waals surface area contributed by atoms with Crippen LogP contribution in [0.1, 0.15) is 5.56 Å². The molecule has 1 heterocycles. The number of carbonyl (C=O) groups excluding carboxylic acids is 1. The summed E-state index contributed by atoms with van der Waals surface area (Å²) in [6.45, 7) is 1.86. The molecule has 0 saturated heterocycles. The van der Waals surface area contributed by atoms with Gasteiger partial charge in [-0.2, -0.15) is 0 Å². The molecular formula is C18H18N2O4S. The van der Waals surface area contributed by atoms with Crippen LogP contribution >= 0.6 is 11.3 Å². The van der Waals surface area contributed by atoms with Crippen molar-refractivity contribution in [1.29, 1.82) is 0 Å². The van der Waals surface area contributed by atoms with E-state index in [4.69, 9.17) is 14.2 Å². The average molecular weight is 358 g/mol. The van der Waals surface area contributed by atoms with Crippen molar-refractivity contribution in [3.63, 3.8) is 0 Å². The normalized spacial score (nSPS) is 10.5. The number of carbonyl (C=O) groups is 1. The molecule has 1 N–H and O–H groups in total. The number of anilines is 1. The molecule has 3 rings (SSSR count). The van der Waals surface area contributed by atoms with Crippen molar-refractivity contribution in [2.24, 2.45) is 0 Å². The Balaban J connectivity index is 1.71. The third kappa shape index (κ3) is 3.66. The van der Waals surface area contributed by atoms with E-state index in [0.29, 0.717) is 22.4 Å². The number of amides is 1. The van der Waals surface area contributed by atoms with Crippen LogP contribution in [0.5, 0.6) is 17.2 Å². The Morgan fingerprint density at radius 1 is 1.08 bits per heavy atom. The monoisotopic (exact) mass is 358 g/mol. The highest BCUT2D eigenvalue weighted by Gasteiger charge is 2.14. The first-order chi connectivity index (χ1) is 12.1. The second-order valence-electron chi connectivity index (χ2n) is 5.27. The third-order valence-corrected chi connectivity index (χ3v) is 4.70. The van der Waals surface area contributed by atoms with E-state index in [2.05, 4.69) is 10.3 Å². The van der Waals surface area contributed by atoms with Crippen molar-refractivity contribution in [2.45, 2.75) is 6.92 Å². The number of aryl methyl sites for hydroxylation is 1. The smallest absolute Gasteiger partial charge is 0.264 e. The van der Waals surface area contributed by atoms with E-state index in [9.17, 15) is 4.79 Å². The van der Waals surface area contributed by atoms with Gasteiger partial charge in [-0.15, -0.1) is 0 Å². The lowest BCUT2D eigenvalue weighted by Gasteiger charge is -2.09. The van der Waals surface area contributed by atoms with Crippen molar-refractivity contribution in [3.8, 4) is 17.2 Å². The quantitative estimate of drug-likeness (QED) is 0.728. The molecule has 0 aliphatic rings. The second kappa shape index (κ2) is 7.40. The maximum Gasteiger partial charge on any atom is 0.264 e. The molecule has 7 heteroatoms. The third-order valence-electron chi connectivity index (χ3n) is 3.60. The summed E-state index contributed by atoms with van der Waals surface area (Å²) in [4.78, 5) is 16.6. The number of hydrogen-bond donors (Lipinski definition) is 1. The molecule has 1 aromatic heterocycles. The highest BCUT2D eigenvalue weighted by molar-refractivity contribution is 7.22. The lowest BCUT2D eigenvalue weighted by molar-refractivity contribution is -0.118. The van der Waals surface area contributed by atoms with Crippen molar-refractivity contribution in [1.82, 2.24) is 4.98 Å². The Kier molecular flexibility index (Phi) is 5.04. The second-order valence-corrected chi connectivity index (χ2v) is 6.27. The zero-order valence-electron chi connectivity index (χ0n) is 14.2. The topological polar surface area (TPSA) is 69.7 Å². The molecule has 130 valence electrons. The Bertz CT molecular complexity index is 907. The molecule has 0 radical (unpaired) electrons. The molecule has 2 aromatic carbocycles. The summed E-state index contributed by atoms with van der Waals surface area (Å²) in [7, 11) is 3.15. The molecule has 0 unspecified atom stereocenters. The summed E-state index contributed by atoms with van der Waals surface area (Å²) in [5, 5.41) is 3.28. The van der Waals surface area contributed by atoms with Gasteiger partial charge in [-0.3, -0.25) is 10.1 Å². The van der Waals surface area contributed by atoms with Crippen molar-refractivity contribution in [2.75, 3.05) is 26.1 Å². The van der Waals surface area contributed by atoms with Gasteiger partial charge in [-0.1, -0.05) is 29.5 Å². The number of hydrogen-bond acceptors (Lipinski definition) is 6. The predicted octanol–water partition coefficient (Wildman–Crippen LogP) is 3.64. The van der Waals surface area contributed by atoms with Gasteiger partial charge in [0.15, 0.2) is 23.2 Å². The van der Waals surface area contributed by atoms with Crippen LogP contribution in [0, 0.1) is 6.92 Å². The van der Waals surface area contributed by atoms with Gasteiger partial charge in [-0.25, -0.2) is 4.98 Å². The number of aromatic nitrogens is 1. The van der Waals surface area contributed by atoms with Crippen LogP contribution < -0.4 is 19.5 Å². The van der Waals surface area contributed by atoms with Gasteiger partial charge >= 0.3 is 0 Å². The molecule has 0 bridgehead atoms. The minimum Gasteiger partial charge on any atom is -0.494 e. The standard InChI is InChI=1S/C18H18N2O4S/c1-11-8-9-14(23-3)16-17(11)25-18(20-16)19-15(21)10-24-13-7-5-4-6-12(13)22-2/h4-9H,10H2,1-3H3,(H,19,20,21). The number of benzene rings is 2. The van der Waals surface area contributed by atoms with Gasteiger partial charge in [0.2, 0.25) is 0 Å². The van der Waals surface area contributed by atoms with Crippen LogP contribution in [0.4, 0.5) is 5.13 Å². The van der Waals surface area contributed by atoms with Crippen LogP contribution in [-0.4, -0.2) is 31.7 Å². The van der Waals surface area contributed by atoms with Gasteiger partial charge < -0.3 is 14.2 Å². The van der Waals surface area contributed by atoms with E-state index >= 15 is 0 Å². The molecule has 3 aromatic rings. The number of para-hydroxylation sites is 2. The molecule has 6 nitrogen and oxygen atoms in total. The molecule has 1 amide bonds. The lowest BCUT2D eigenvalue weighted by Crippen LogP contribution is -2.20. The van der Waals surface area contributed by atoms with Gasteiger partial charge in [0.1, 0.15) is 11.3 Å². The van der Waals surface area contributed by atoms with Crippen molar-refractivity contribution < 1.29 is 19.0 Å². The van der Waals surface area contributed by atoms with E-state index < -0.39 is 0 Å². The summed E-state index contributed by atoms with van der Waals surface area (Å²) < 4.78 is 17.0. The van der Waals surface area contributed by atoms with Gasteiger partial charge in [0, 0.05) is 0 Å². The fourth-order valence-electron chi connectivity index (χ4n) is 2.36. The Morgan fingerprint density at radius 2 is 1.80 bits per heavy atom. The zero-order valence-corrected chi connectivity index (χ0v) is 15.0. The van der Waals surface area contributed by atoms with Crippen LogP contribution in [0.25, 0.3) is 10.2 Å². The number of nitrogens with zero attached hydrogens (tertiary/aromatic N) is 1. The molecule has 0 fully saturated rings. The number of thiazole rings is 1. The van der Waals surface area contributed by atoms with Crippen molar-refractivity contribution >= 4 is 32.6 Å². The maximum atomic E-state index is 12.2. The molecule has 0 spiro atoms. The fraction of sp³-hybridized carbons (Fsp3) is 0.222. The minimum absolute atomic E-state index is 0.133. The highest BCUT2D eigenvalue weighted by atomic mass is 32.1. The molecule has 0 saturated carbocycles. The van der Waals surface area contributed by atoms with E-state index in [-0.39, 0.29) is 12.5 Å². The number of methoxy groups -OCH3 is 2. The highest BCUT2D eigenvalue weighted by Crippen LogP contribution is 2.34. The van der Waals surface area contributed by atoms with Crippen LogP contribution in [0.2, 0.25) is 0 Å². The molecule has 25 heavy (non-hydrogen) atoms. The first-order valence-corrected chi connectivity index (χ1v) is 8.44. The molecule has 0 aliphatic heterocycles. The van der Waals surface area contributed by atoms with E-state index in [0.717, 1.165) is 15.8 Å². The van der Waals surface area contributed by atoms with Crippen LogP contribution in [-0.2, 0) is 4.79 Å². The zero-order chi connectivity index (χ0) is 17.8. The average Bonchev–Trinajstić information content (AvgIpc) is 3.05. The fourth-order valence-corrected chi connectivity index (χ4v) is 3.33. The van der Waals surface area contributed by atoms with Crippen LogP contribution in [0.3, 0.4) is 0 Å². The number of nitrogens with one attached hydrogen (secondary N) is 1. The Morgan fingerprint density at radius 3 is 2.52 bits per heavy atom. The summed E-state index contributed by atoms with van der Waals surface area (Å²) >= 11 is 1.41. The Hall–Kier alpha value is -2.80. The van der Waals surface area contributed by atoms with Gasteiger partial charge in [-0.05, 0) is 30.7 Å². The largest absolute Gasteiger partial charge is 0.494 e. The predicted molar refractivity (Wildman–Crippen MR) is 98.0 cm³/mol. The number of fused-ring (bicyclic) bond motifs is 1. The summed E-state index contributed by atoms with van der Waals surface area (Å²) in [6.07, 6.45) is 0. The van der Waals surface area contributed by atoms with Crippen LogP contribution in [0.15, 0.2) is 36.4 Å². The Labute approximate surface area is 149 Å².